The maximum atomic E-state index is 12.2. The van der Waals surface area contributed by atoms with Gasteiger partial charge in [-0.15, -0.1) is 0 Å². The molecular weight excluding hydrogens is 240 g/mol. The van der Waals surface area contributed by atoms with Gasteiger partial charge in [0.2, 0.25) is 5.91 Å². The SMILES string of the molecule is Cc1cccc(N2C(CO)C(=O)N(C)CC2(C)C)c1. The summed E-state index contributed by atoms with van der Waals surface area (Å²) in [5, 5.41) is 9.62. The summed E-state index contributed by atoms with van der Waals surface area (Å²) in [6.45, 7) is 6.71. The van der Waals surface area contributed by atoms with Gasteiger partial charge in [0.05, 0.1) is 12.1 Å². The average molecular weight is 262 g/mol. The van der Waals surface area contributed by atoms with E-state index in [4.69, 9.17) is 0 Å². The number of aliphatic hydroxyl groups excluding tert-OH is 1. The summed E-state index contributed by atoms with van der Waals surface area (Å²) in [6.07, 6.45) is 0. The quantitative estimate of drug-likeness (QED) is 0.876. The number of likely N-dealkylation sites (N-methyl/N-ethyl adjacent to an activating group) is 1. The largest absolute Gasteiger partial charge is 0.394 e. The Morgan fingerprint density at radius 2 is 2.11 bits per heavy atom. The van der Waals surface area contributed by atoms with Crippen LogP contribution in [0.1, 0.15) is 19.4 Å². The first-order valence-electron chi connectivity index (χ1n) is 6.58. The van der Waals surface area contributed by atoms with Crippen LogP contribution < -0.4 is 4.90 Å². The molecule has 0 bridgehead atoms. The molecule has 1 aromatic carbocycles. The van der Waals surface area contributed by atoms with Crippen molar-refractivity contribution in [2.45, 2.75) is 32.4 Å². The molecule has 4 heteroatoms. The number of carbonyl (C=O) groups excluding carboxylic acids is 1. The van der Waals surface area contributed by atoms with E-state index in [0.29, 0.717) is 6.54 Å². The number of nitrogens with zero attached hydrogens (tertiary/aromatic N) is 2. The van der Waals surface area contributed by atoms with Gasteiger partial charge in [0, 0.05) is 19.3 Å². The molecular formula is C15H22N2O2. The predicted molar refractivity (Wildman–Crippen MR) is 76.2 cm³/mol. The number of carbonyl (C=O) groups is 1. The summed E-state index contributed by atoms with van der Waals surface area (Å²) in [6, 6.07) is 7.56. The molecule has 0 aromatic heterocycles. The second-order valence-corrected chi connectivity index (χ2v) is 5.91. The van der Waals surface area contributed by atoms with E-state index in [0.717, 1.165) is 11.3 Å². The maximum Gasteiger partial charge on any atom is 0.247 e. The summed E-state index contributed by atoms with van der Waals surface area (Å²) >= 11 is 0. The zero-order chi connectivity index (χ0) is 14.2. The fraction of sp³-hybridized carbons (Fsp3) is 0.533. The number of aryl methyl sites for hydroxylation is 1. The molecule has 4 nitrogen and oxygen atoms in total. The highest BCUT2D eigenvalue weighted by molar-refractivity contribution is 5.87. The van der Waals surface area contributed by atoms with Crippen LogP contribution in [0.25, 0.3) is 0 Å². The summed E-state index contributed by atoms with van der Waals surface area (Å²) in [5.74, 6) is -0.0247. The monoisotopic (exact) mass is 262 g/mol. The van der Waals surface area contributed by atoms with Crippen molar-refractivity contribution < 1.29 is 9.90 Å². The fourth-order valence-electron chi connectivity index (χ4n) is 2.99. The van der Waals surface area contributed by atoms with Crippen LogP contribution in [-0.2, 0) is 4.79 Å². The maximum absolute atomic E-state index is 12.2. The highest BCUT2D eigenvalue weighted by Crippen LogP contribution is 2.31. The summed E-state index contributed by atoms with van der Waals surface area (Å²) in [5.41, 5.74) is 1.94. The van der Waals surface area contributed by atoms with Gasteiger partial charge in [0.25, 0.3) is 0 Å². The van der Waals surface area contributed by atoms with Crippen LogP contribution in [0.5, 0.6) is 0 Å². The Morgan fingerprint density at radius 1 is 1.42 bits per heavy atom. The topological polar surface area (TPSA) is 43.8 Å². The number of hydrogen-bond acceptors (Lipinski definition) is 3. The molecule has 1 fully saturated rings. The Morgan fingerprint density at radius 3 is 2.68 bits per heavy atom. The highest BCUT2D eigenvalue weighted by Gasteiger charge is 2.43. The fourth-order valence-corrected chi connectivity index (χ4v) is 2.99. The molecule has 1 heterocycles. The Bertz CT molecular complexity index is 485. The molecule has 0 spiro atoms. The molecule has 1 amide bonds. The van der Waals surface area contributed by atoms with Crippen LogP contribution in [0, 0.1) is 6.92 Å². The number of piperazine rings is 1. The second-order valence-electron chi connectivity index (χ2n) is 5.91. The van der Waals surface area contributed by atoms with Crippen molar-refractivity contribution in [2.75, 3.05) is 25.1 Å². The zero-order valence-corrected chi connectivity index (χ0v) is 12.1. The van der Waals surface area contributed by atoms with Crippen molar-refractivity contribution in [1.29, 1.82) is 0 Å². The molecule has 0 saturated carbocycles. The molecule has 1 aliphatic rings. The standard InChI is InChI=1S/C15H22N2O2/c1-11-6-5-7-12(8-11)17-13(9-18)14(19)16(4)10-15(17,2)3/h5-8,13,18H,9-10H2,1-4H3. The van der Waals surface area contributed by atoms with Crippen molar-refractivity contribution >= 4 is 11.6 Å². The average Bonchev–Trinajstić information content (AvgIpc) is 2.32. The van der Waals surface area contributed by atoms with Gasteiger partial charge in [-0.3, -0.25) is 4.79 Å². The predicted octanol–water partition coefficient (Wildman–Crippen LogP) is 1.41. The van der Waals surface area contributed by atoms with Gasteiger partial charge in [-0.25, -0.2) is 0 Å². The number of rotatable bonds is 2. The normalized spacial score (nSPS) is 22.8. The number of hydrogen-bond donors (Lipinski definition) is 1. The first-order valence-corrected chi connectivity index (χ1v) is 6.58. The molecule has 1 atom stereocenters. The van der Waals surface area contributed by atoms with E-state index in [9.17, 15) is 9.90 Å². The van der Waals surface area contributed by atoms with Crippen molar-refractivity contribution in [1.82, 2.24) is 4.90 Å². The third kappa shape index (κ3) is 2.45. The molecule has 1 aromatic rings. The van der Waals surface area contributed by atoms with E-state index in [1.807, 2.05) is 30.0 Å². The summed E-state index contributed by atoms with van der Waals surface area (Å²) in [4.78, 5) is 16.0. The Hall–Kier alpha value is -1.55. The molecule has 1 N–H and O–H groups in total. The first-order chi connectivity index (χ1) is 8.86. The van der Waals surface area contributed by atoms with E-state index in [-0.39, 0.29) is 18.1 Å². The van der Waals surface area contributed by atoms with Crippen LogP contribution in [0.4, 0.5) is 5.69 Å². The van der Waals surface area contributed by atoms with Crippen molar-refractivity contribution in [2.24, 2.45) is 0 Å². The lowest BCUT2D eigenvalue weighted by Crippen LogP contribution is -2.67. The van der Waals surface area contributed by atoms with E-state index in [2.05, 4.69) is 19.9 Å². The van der Waals surface area contributed by atoms with Gasteiger partial charge in [0.1, 0.15) is 6.04 Å². The Balaban J connectivity index is 2.47. The number of aliphatic hydroxyl groups is 1. The summed E-state index contributed by atoms with van der Waals surface area (Å²) < 4.78 is 0. The number of anilines is 1. The van der Waals surface area contributed by atoms with Crippen molar-refractivity contribution in [3.05, 3.63) is 29.8 Å². The van der Waals surface area contributed by atoms with Crippen molar-refractivity contribution in [3.63, 3.8) is 0 Å². The number of amides is 1. The smallest absolute Gasteiger partial charge is 0.247 e. The van der Waals surface area contributed by atoms with Crippen LogP contribution in [0.15, 0.2) is 24.3 Å². The van der Waals surface area contributed by atoms with Gasteiger partial charge < -0.3 is 14.9 Å². The zero-order valence-electron chi connectivity index (χ0n) is 12.1. The van der Waals surface area contributed by atoms with Crippen LogP contribution in [0.2, 0.25) is 0 Å². The lowest BCUT2D eigenvalue weighted by atomic mass is 9.93. The lowest BCUT2D eigenvalue weighted by molar-refractivity contribution is -0.136. The van der Waals surface area contributed by atoms with E-state index < -0.39 is 6.04 Å². The van der Waals surface area contributed by atoms with Crippen LogP contribution >= 0.6 is 0 Å². The molecule has 0 aliphatic carbocycles. The van der Waals surface area contributed by atoms with Crippen LogP contribution in [-0.4, -0.2) is 47.7 Å². The van der Waals surface area contributed by atoms with Gasteiger partial charge in [-0.1, -0.05) is 12.1 Å². The van der Waals surface area contributed by atoms with Gasteiger partial charge in [0.15, 0.2) is 0 Å². The van der Waals surface area contributed by atoms with Crippen molar-refractivity contribution in [3.8, 4) is 0 Å². The molecule has 0 radical (unpaired) electrons. The Kier molecular flexibility index (Phi) is 3.54. The van der Waals surface area contributed by atoms with E-state index >= 15 is 0 Å². The minimum absolute atomic E-state index is 0.0247. The summed E-state index contributed by atoms with van der Waals surface area (Å²) in [7, 11) is 1.79. The Labute approximate surface area is 114 Å². The first kappa shape index (κ1) is 13.9. The molecule has 104 valence electrons. The molecule has 19 heavy (non-hydrogen) atoms. The molecule has 1 saturated heterocycles. The minimum Gasteiger partial charge on any atom is -0.394 e. The van der Waals surface area contributed by atoms with Gasteiger partial charge in [-0.2, -0.15) is 0 Å². The van der Waals surface area contributed by atoms with Gasteiger partial charge in [-0.05, 0) is 38.5 Å². The lowest BCUT2D eigenvalue weighted by Gasteiger charge is -2.51. The third-order valence-electron chi connectivity index (χ3n) is 3.70. The van der Waals surface area contributed by atoms with Crippen LogP contribution in [0.3, 0.4) is 0 Å². The van der Waals surface area contributed by atoms with E-state index in [1.165, 1.54) is 0 Å². The molecule has 1 unspecified atom stereocenters. The third-order valence-corrected chi connectivity index (χ3v) is 3.70. The second kappa shape index (κ2) is 4.85. The molecule has 2 rings (SSSR count). The number of benzene rings is 1. The molecule has 1 aliphatic heterocycles. The van der Waals surface area contributed by atoms with Gasteiger partial charge >= 0.3 is 0 Å². The van der Waals surface area contributed by atoms with E-state index in [1.54, 1.807) is 11.9 Å². The minimum atomic E-state index is -0.504. The highest BCUT2D eigenvalue weighted by atomic mass is 16.3.